The molecule has 0 saturated heterocycles. The molecule has 140 valence electrons. The van der Waals surface area contributed by atoms with E-state index in [0.29, 0.717) is 29.9 Å². The van der Waals surface area contributed by atoms with Crippen molar-refractivity contribution in [3.05, 3.63) is 70.5 Å². The molecule has 2 aromatic rings. The summed E-state index contributed by atoms with van der Waals surface area (Å²) in [5, 5.41) is 0. The Labute approximate surface area is 146 Å². The van der Waals surface area contributed by atoms with Crippen molar-refractivity contribution in [2.75, 3.05) is 0 Å². The molecule has 0 unspecified atom stereocenters. The maximum Gasteiger partial charge on any atom is 0.194 e. The molecule has 0 heterocycles. The highest BCUT2D eigenvalue weighted by molar-refractivity contribution is 5.19. The molecule has 0 aliphatic carbocycles. The standard InChI is InChI=1S/C10H12F2.C8H7F3.C2H6/c1-7(2)5-8-3-4-9(11)6-10(8)12;1-2-5-3-6(9)8(11)7(10)4-5;1-2/h3-4,6-7H,5H2,1-2H3;3-4H,2H2,1H3;1-2H3. The van der Waals surface area contributed by atoms with E-state index >= 15 is 0 Å². The summed E-state index contributed by atoms with van der Waals surface area (Å²) in [7, 11) is 0. The highest BCUT2D eigenvalue weighted by Crippen LogP contribution is 2.14. The topological polar surface area (TPSA) is 0 Å². The Bertz CT molecular complexity index is 628. The first-order valence-electron chi connectivity index (χ1n) is 8.31. The predicted octanol–water partition coefficient (Wildman–Crippen LogP) is 6.86. The highest BCUT2D eigenvalue weighted by atomic mass is 19.2. The van der Waals surface area contributed by atoms with Gasteiger partial charge >= 0.3 is 0 Å². The molecule has 0 radical (unpaired) electrons. The quantitative estimate of drug-likeness (QED) is 0.414. The molecule has 25 heavy (non-hydrogen) atoms. The molecule has 0 aromatic heterocycles. The molecule has 0 bridgehead atoms. The Kier molecular flexibility index (Phi) is 10.7. The lowest BCUT2D eigenvalue weighted by Crippen LogP contribution is -1.97. The van der Waals surface area contributed by atoms with Gasteiger partial charge in [0, 0.05) is 6.07 Å². The second-order valence-electron chi connectivity index (χ2n) is 5.56. The van der Waals surface area contributed by atoms with Gasteiger partial charge in [0.25, 0.3) is 0 Å². The van der Waals surface area contributed by atoms with Crippen LogP contribution < -0.4 is 0 Å². The zero-order valence-corrected chi connectivity index (χ0v) is 15.3. The summed E-state index contributed by atoms with van der Waals surface area (Å²) in [6.07, 6.45) is 1.15. The van der Waals surface area contributed by atoms with Crippen molar-refractivity contribution in [2.45, 2.75) is 47.5 Å². The van der Waals surface area contributed by atoms with Gasteiger partial charge in [-0.2, -0.15) is 0 Å². The minimum Gasteiger partial charge on any atom is -0.207 e. The Morgan fingerprint density at radius 1 is 0.800 bits per heavy atom. The van der Waals surface area contributed by atoms with Crippen molar-refractivity contribution in [1.29, 1.82) is 0 Å². The molecule has 0 aliphatic heterocycles. The maximum atomic E-state index is 13.0. The van der Waals surface area contributed by atoms with E-state index in [1.54, 1.807) is 6.92 Å². The van der Waals surface area contributed by atoms with Crippen LogP contribution in [0.1, 0.15) is 45.7 Å². The number of hydrogen-bond donors (Lipinski definition) is 0. The van der Waals surface area contributed by atoms with Crippen LogP contribution >= 0.6 is 0 Å². The summed E-state index contributed by atoms with van der Waals surface area (Å²) in [4.78, 5) is 0. The lowest BCUT2D eigenvalue weighted by atomic mass is 10.0. The Morgan fingerprint density at radius 3 is 1.72 bits per heavy atom. The van der Waals surface area contributed by atoms with E-state index in [2.05, 4.69) is 0 Å². The first kappa shape index (κ1) is 23.1. The van der Waals surface area contributed by atoms with Crippen LogP contribution in [0.2, 0.25) is 0 Å². The van der Waals surface area contributed by atoms with Gasteiger partial charge in [-0.05, 0) is 48.1 Å². The molecular formula is C20H25F5. The van der Waals surface area contributed by atoms with Crippen molar-refractivity contribution in [2.24, 2.45) is 5.92 Å². The molecule has 2 rings (SSSR count). The number of hydrogen-bond acceptors (Lipinski definition) is 0. The second-order valence-corrected chi connectivity index (χ2v) is 5.56. The van der Waals surface area contributed by atoms with E-state index in [1.807, 2.05) is 27.7 Å². The Hall–Kier alpha value is -1.91. The van der Waals surface area contributed by atoms with Crippen LogP contribution in [0.15, 0.2) is 30.3 Å². The zero-order chi connectivity index (χ0) is 19.6. The molecule has 0 saturated carbocycles. The van der Waals surface area contributed by atoms with Gasteiger partial charge in [0.1, 0.15) is 11.6 Å². The fourth-order valence-corrected chi connectivity index (χ4v) is 1.94. The zero-order valence-electron chi connectivity index (χ0n) is 15.3. The molecule has 0 amide bonds. The lowest BCUT2D eigenvalue weighted by Gasteiger charge is -2.05. The average Bonchev–Trinajstić information content (AvgIpc) is 2.57. The molecule has 0 spiro atoms. The lowest BCUT2D eigenvalue weighted by molar-refractivity contribution is 0.445. The molecular weight excluding hydrogens is 335 g/mol. The SMILES string of the molecule is CC.CC(C)Cc1ccc(F)cc1F.CCc1cc(F)c(F)c(F)c1. The largest absolute Gasteiger partial charge is 0.207 e. The van der Waals surface area contributed by atoms with Gasteiger partial charge in [0.2, 0.25) is 0 Å². The van der Waals surface area contributed by atoms with E-state index in [4.69, 9.17) is 0 Å². The predicted molar refractivity (Wildman–Crippen MR) is 91.9 cm³/mol. The van der Waals surface area contributed by atoms with E-state index in [-0.39, 0.29) is 0 Å². The average molecular weight is 360 g/mol. The van der Waals surface area contributed by atoms with Crippen LogP contribution in [-0.4, -0.2) is 0 Å². The van der Waals surface area contributed by atoms with Gasteiger partial charge in [0.05, 0.1) is 0 Å². The third-order valence-corrected chi connectivity index (χ3v) is 3.10. The molecule has 0 atom stereocenters. The van der Waals surface area contributed by atoms with Gasteiger partial charge in [-0.25, -0.2) is 22.0 Å². The summed E-state index contributed by atoms with van der Waals surface area (Å²) in [6, 6.07) is 5.72. The summed E-state index contributed by atoms with van der Waals surface area (Å²) < 4.78 is 62.5. The number of rotatable bonds is 3. The maximum absolute atomic E-state index is 13.0. The van der Waals surface area contributed by atoms with Crippen molar-refractivity contribution in [3.8, 4) is 0 Å². The number of benzene rings is 2. The minimum atomic E-state index is -1.40. The smallest absolute Gasteiger partial charge is 0.194 e. The molecule has 0 fully saturated rings. The summed E-state index contributed by atoms with van der Waals surface area (Å²) in [5.74, 6) is -4.21. The fourth-order valence-electron chi connectivity index (χ4n) is 1.94. The van der Waals surface area contributed by atoms with Crippen LogP contribution in [0.3, 0.4) is 0 Å². The summed E-state index contributed by atoms with van der Waals surface area (Å²) >= 11 is 0. The first-order valence-corrected chi connectivity index (χ1v) is 8.31. The van der Waals surface area contributed by atoms with Crippen LogP contribution in [0.25, 0.3) is 0 Å². The van der Waals surface area contributed by atoms with Gasteiger partial charge in [-0.15, -0.1) is 0 Å². The minimum absolute atomic E-state index is 0.393. The second kappa shape index (κ2) is 11.6. The van der Waals surface area contributed by atoms with E-state index in [1.165, 1.54) is 12.1 Å². The van der Waals surface area contributed by atoms with Gasteiger partial charge in [0.15, 0.2) is 17.5 Å². The highest BCUT2D eigenvalue weighted by Gasteiger charge is 2.08. The fraction of sp³-hybridized carbons (Fsp3) is 0.400. The molecule has 5 heteroatoms. The van der Waals surface area contributed by atoms with Gasteiger partial charge in [-0.3, -0.25) is 0 Å². The first-order chi connectivity index (χ1) is 11.7. The van der Waals surface area contributed by atoms with Crippen LogP contribution in [0.4, 0.5) is 22.0 Å². The van der Waals surface area contributed by atoms with Crippen LogP contribution in [-0.2, 0) is 12.8 Å². The number of aryl methyl sites for hydroxylation is 1. The van der Waals surface area contributed by atoms with Crippen molar-refractivity contribution >= 4 is 0 Å². The normalized spacial score (nSPS) is 9.88. The van der Waals surface area contributed by atoms with Gasteiger partial charge in [-0.1, -0.05) is 40.7 Å². The van der Waals surface area contributed by atoms with Crippen molar-refractivity contribution in [3.63, 3.8) is 0 Å². The van der Waals surface area contributed by atoms with E-state index in [9.17, 15) is 22.0 Å². The summed E-state index contributed by atoms with van der Waals surface area (Å²) in [5.41, 5.74) is 1.05. The van der Waals surface area contributed by atoms with Gasteiger partial charge < -0.3 is 0 Å². The third kappa shape index (κ3) is 8.14. The molecule has 0 N–H and O–H groups in total. The van der Waals surface area contributed by atoms with Crippen LogP contribution in [0, 0.1) is 35.0 Å². The third-order valence-electron chi connectivity index (χ3n) is 3.10. The Morgan fingerprint density at radius 2 is 1.32 bits per heavy atom. The van der Waals surface area contributed by atoms with Crippen LogP contribution in [0.5, 0.6) is 0 Å². The van der Waals surface area contributed by atoms with E-state index in [0.717, 1.165) is 18.2 Å². The Balaban J connectivity index is 0.000000421. The molecule has 0 nitrogen and oxygen atoms in total. The monoisotopic (exact) mass is 360 g/mol. The van der Waals surface area contributed by atoms with Crippen molar-refractivity contribution in [1.82, 2.24) is 0 Å². The number of halogens is 5. The molecule has 0 aliphatic rings. The van der Waals surface area contributed by atoms with E-state index < -0.39 is 29.1 Å². The van der Waals surface area contributed by atoms with Crippen molar-refractivity contribution < 1.29 is 22.0 Å². The summed E-state index contributed by atoms with van der Waals surface area (Å²) in [6.45, 7) is 9.75. The molecule has 2 aromatic carbocycles.